The molecule has 0 amide bonds. The van der Waals surface area contributed by atoms with Crippen molar-refractivity contribution < 1.29 is 19.1 Å². The zero-order chi connectivity index (χ0) is 25.9. The predicted octanol–water partition coefficient (Wildman–Crippen LogP) is 8.02. The molecular formula is C32H36O4. The quantitative estimate of drug-likeness (QED) is 0.0810. The van der Waals surface area contributed by atoms with Gasteiger partial charge in [-0.05, 0) is 79.6 Å². The summed E-state index contributed by atoms with van der Waals surface area (Å²) in [4.78, 5) is 24.1. The molecule has 4 heteroatoms. The van der Waals surface area contributed by atoms with Crippen molar-refractivity contribution in [3.8, 4) is 11.5 Å². The number of hydrogen-bond donors (Lipinski definition) is 0. The Morgan fingerprint density at radius 3 is 1.89 bits per heavy atom. The molecular weight excluding hydrogens is 448 g/mol. The van der Waals surface area contributed by atoms with Crippen molar-refractivity contribution in [1.29, 1.82) is 0 Å². The fraction of sp³-hybridized carbons (Fsp3) is 0.312. The van der Waals surface area contributed by atoms with Crippen LogP contribution in [-0.4, -0.2) is 18.9 Å². The minimum Gasteiger partial charge on any atom is -0.497 e. The number of ketones is 1. The number of esters is 1. The van der Waals surface area contributed by atoms with E-state index in [-0.39, 0.29) is 11.7 Å². The van der Waals surface area contributed by atoms with E-state index >= 15 is 0 Å². The molecule has 0 aliphatic heterocycles. The van der Waals surface area contributed by atoms with E-state index in [0.29, 0.717) is 22.8 Å². The summed E-state index contributed by atoms with van der Waals surface area (Å²) in [6.45, 7) is 7.59. The van der Waals surface area contributed by atoms with Crippen molar-refractivity contribution in [2.24, 2.45) is 5.92 Å². The molecule has 0 saturated heterocycles. The first-order chi connectivity index (χ1) is 17.5. The maximum absolute atomic E-state index is 12.6. The number of unbranched alkanes of at least 4 members (excludes halogenated alkanes) is 2. The van der Waals surface area contributed by atoms with Crippen LogP contribution in [0.15, 0.2) is 85.5 Å². The Balaban J connectivity index is 1.80. The molecule has 3 rings (SSSR count). The van der Waals surface area contributed by atoms with E-state index in [1.54, 1.807) is 31.4 Å². The van der Waals surface area contributed by atoms with E-state index in [0.717, 1.165) is 37.9 Å². The average Bonchev–Trinajstić information content (AvgIpc) is 2.91. The number of rotatable bonds is 13. The number of methoxy groups -OCH3 is 1. The van der Waals surface area contributed by atoms with Gasteiger partial charge in [-0.3, -0.25) is 4.79 Å². The lowest BCUT2D eigenvalue weighted by Crippen LogP contribution is -2.14. The second-order valence-corrected chi connectivity index (χ2v) is 9.08. The molecule has 36 heavy (non-hydrogen) atoms. The number of hydrogen-bond acceptors (Lipinski definition) is 4. The molecule has 0 heterocycles. The van der Waals surface area contributed by atoms with Crippen LogP contribution >= 0.6 is 0 Å². The normalized spacial score (nSPS) is 12.4. The van der Waals surface area contributed by atoms with Crippen molar-refractivity contribution in [2.75, 3.05) is 7.11 Å². The van der Waals surface area contributed by atoms with Crippen molar-refractivity contribution in [3.05, 3.63) is 108 Å². The lowest BCUT2D eigenvalue weighted by atomic mass is 9.77. The van der Waals surface area contributed by atoms with Gasteiger partial charge in [-0.1, -0.05) is 62.2 Å². The molecule has 3 aromatic carbocycles. The molecule has 0 fully saturated rings. The first kappa shape index (κ1) is 26.9. The van der Waals surface area contributed by atoms with Crippen molar-refractivity contribution in [2.45, 2.75) is 51.9 Å². The minimum absolute atomic E-state index is 0.0389. The van der Waals surface area contributed by atoms with E-state index in [1.165, 1.54) is 18.1 Å². The van der Waals surface area contributed by atoms with Crippen LogP contribution in [0.4, 0.5) is 0 Å². The van der Waals surface area contributed by atoms with Crippen LogP contribution in [0.5, 0.6) is 11.5 Å². The topological polar surface area (TPSA) is 52.6 Å². The summed E-state index contributed by atoms with van der Waals surface area (Å²) in [5.74, 6) is 1.56. The second-order valence-electron chi connectivity index (χ2n) is 9.08. The molecule has 4 nitrogen and oxygen atoms in total. The number of Topliss-reactive ketones (excluding diaryl/α,β-unsaturated/α-hetero) is 1. The maximum atomic E-state index is 12.6. The van der Waals surface area contributed by atoms with Crippen molar-refractivity contribution in [3.63, 3.8) is 0 Å². The molecule has 0 aliphatic carbocycles. The lowest BCUT2D eigenvalue weighted by Gasteiger charge is -2.28. The van der Waals surface area contributed by atoms with Gasteiger partial charge in [0.25, 0.3) is 0 Å². The van der Waals surface area contributed by atoms with E-state index in [9.17, 15) is 9.59 Å². The molecule has 0 bridgehead atoms. The van der Waals surface area contributed by atoms with Gasteiger partial charge in [0, 0.05) is 11.5 Å². The van der Waals surface area contributed by atoms with Crippen LogP contribution in [0.2, 0.25) is 0 Å². The van der Waals surface area contributed by atoms with Gasteiger partial charge < -0.3 is 9.47 Å². The Hall–Kier alpha value is -3.66. The van der Waals surface area contributed by atoms with Crippen molar-refractivity contribution >= 4 is 11.8 Å². The predicted molar refractivity (Wildman–Crippen MR) is 145 cm³/mol. The van der Waals surface area contributed by atoms with E-state index < -0.39 is 5.97 Å². The van der Waals surface area contributed by atoms with E-state index in [4.69, 9.17) is 9.47 Å². The summed E-state index contributed by atoms with van der Waals surface area (Å²) in [5, 5.41) is 0. The van der Waals surface area contributed by atoms with Gasteiger partial charge >= 0.3 is 5.97 Å². The third-order valence-corrected chi connectivity index (χ3v) is 6.68. The Morgan fingerprint density at radius 2 is 1.39 bits per heavy atom. The molecule has 0 radical (unpaired) electrons. The number of allylic oxidation sites excluding steroid dienone is 1. The van der Waals surface area contributed by atoms with Crippen LogP contribution in [0, 0.1) is 5.92 Å². The highest BCUT2D eigenvalue weighted by molar-refractivity contribution is 5.96. The smallest absolute Gasteiger partial charge is 0.343 e. The standard InChI is InChI=1S/C32H36O4/c1-5-7-8-9-10-24(6-2)31(26-15-19-29(35-4)20-16-26)27-17-21-30(22-18-27)36-32(34)28-13-11-25(12-14-28)23(3)33/h5,11-22,24,31H,1,6-10H2,2-4H3. The van der Waals surface area contributed by atoms with Gasteiger partial charge in [0.2, 0.25) is 0 Å². The summed E-state index contributed by atoms with van der Waals surface area (Å²) < 4.78 is 11.0. The first-order valence-electron chi connectivity index (χ1n) is 12.6. The van der Waals surface area contributed by atoms with Crippen molar-refractivity contribution in [1.82, 2.24) is 0 Å². The third kappa shape index (κ3) is 7.17. The Morgan fingerprint density at radius 1 is 0.833 bits per heavy atom. The molecule has 0 N–H and O–H groups in total. The van der Waals surface area contributed by atoms with Crippen LogP contribution < -0.4 is 9.47 Å². The molecule has 3 aromatic rings. The Labute approximate surface area is 215 Å². The summed E-state index contributed by atoms with van der Waals surface area (Å²) in [7, 11) is 1.68. The first-order valence-corrected chi connectivity index (χ1v) is 12.6. The van der Waals surface area contributed by atoms with Crippen LogP contribution in [0.3, 0.4) is 0 Å². The largest absolute Gasteiger partial charge is 0.497 e. The van der Waals surface area contributed by atoms with Gasteiger partial charge in [0.15, 0.2) is 5.78 Å². The molecule has 2 unspecified atom stereocenters. The van der Waals surface area contributed by atoms with Crippen LogP contribution in [-0.2, 0) is 0 Å². The summed E-state index contributed by atoms with van der Waals surface area (Å²) in [5.41, 5.74) is 3.42. The Kier molecular flexibility index (Phi) is 10.1. The van der Waals surface area contributed by atoms with E-state index in [1.807, 2.05) is 30.3 Å². The summed E-state index contributed by atoms with van der Waals surface area (Å²) >= 11 is 0. The second kappa shape index (κ2) is 13.4. The number of benzene rings is 3. The van der Waals surface area contributed by atoms with Gasteiger partial charge in [0.1, 0.15) is 11.5 Å². The van der Waals surface area contributed by atoms with Gasteiger partial charge in [-0.15, -0.1) is 6.58 Å². The molecule has 0 saturated carbocycles. The highest BCUT2D eigenvalue weighted by atomic mass is 16.5. The maximum Gasteiger partial charge on any atom is 0.343 e. The Bertz CT molecular complexity index is 1130. The SMILES string of the molecule is C=CCCCCC(CC)C(c1ccc(OC)cc1)c1ccc(OC(=O)c2ccc(C(C)=O)cc2)cc1. The monoisotopic (exact) mass is 484 g/mol. The number of ether oxygens (including phenoxy) is 2. The highest BCUT2D eigenvalue weighted by Crippen LogP contribution is 2.38. The molecule has 2 atom stereocenters. The zero-order valence-electron chi connectivity index (χ0n) is 21.5. The summed E-state index contributed by atoms with van der Waals surface area (Å²) in [6.07, 6.45) is 7.54. The van der Waals surface area contributed by atoms with Crippen LogP contribution in [0.1, 0.15) is 83.7 Å². The highest BCUT2D eigenvalue weighted by Gasteiger charge is 2.24. The molecule has 0 aliphatic rings. The third-order valence-electron chi connectivity index (χ3n) is 6.68. The number of carbonyl (C=O) groups excluding carboxylic acids is 2. The van der Waals surface area contributed by atoms with E-state index in [2.05, 4.69) is 37.8 Å². The van der Waals surface area contributed by atoms with Gasteiger partial charge in [0.05, 0.1) is 12.7 Å². The average molecular weight is 485 g/mol. The fourth-order valence-corrected chi connectivity index (χ4v) is 4.60. The molecule has 0 aromatic heterocycles. The zero-order valence-corrected chi connectivity index (χ0v) is 21.5. The number of carbonyl (C=O) groups is 2. The molecule has 188 valence electrons. The van der Waals surface area contributed by atoms with Gasteiger partial charge in [-0.25, -0.2) is 4.79 Å². The molecule has 0 spiro atoms. The lowest BCUT2D eigenvalue weighted by molar-refractivity contribution is 0.0734. The summed E-state index contributed by atoms with van der Waals surface area (Å²) in [6, 6.07) is 22.7. The van der Waals surface area contributed by atoms with Gasteiger partial charge in [-0.2, -0.15) is 0 Å². The van der Waals surface area contributed by atoms with Crippen LogP contribution in [0.25, 0.3) is 0 Å². The minimum atomic E-state index is -0.446. The fourth-order valence-electron chi connectivity index (χ4n) is 4.60.